The lowest BCUT2D eigenvalue weighted by molar-refractivity contribution is -0.139. The van der Waals surface area contributed by atoms with E-state index in [1.54, 1.807) is 13.0 Å². The van der Waals surface area contributed by atoms with E-state index in [-0.39, 0.29) is 5.56 Å². The highest BCUT2D eigenvalue weighted by molar-refractivity contribution is 6.69. The molecule has 96 valence electrons. The summed E-state index contributed by atoms with van der Waals surface area (Å²) in [5.41, 5.74) is -0.395. The third-order valence-corrected chi connectivity index (χ3v) is 3.30. The van der Waals surface area contributed by atoms with Gasteiger partial charge in [0.15, 0.2) is 8.32 Å². The first-order chi connectivity index (χ1) is 7.61. The number of halogens is 3. The Kier molecular flexibility index (Phi) is 4.04. The Morgan fingerprint density at radius 3 is 2.12 bits per heavy atom. The summed E-state index contributed by atoms with van der Waals surface area (Å²) >= 11 is 0. The van der Waals surface area contributed by atoms with Crippen LogP contribution in [0.3, 0.4) is 0 Å². The fraction of sp³-hybridized carbons (Fsp3) is 0.500. The Morgan fingerprint density at radius 1 is 1.12 bits per heavy atom. The minimum atomic E-state index is -4.33. The van der Waals surface area contributed by atoms with Crippen LogP contribution in [0, 0.1) is 0 Å². The smallest absolute Gasteiger partial charge is 0.411 e. The van der Waals surface area contributed by atoms with Crippen molar-refractivity contribution in [1.29, 1.82) is 0 Å². The first-order valence-corrected chi connectivity index (χ1v) is 8.86. The van der Waals surface area contributed by atoms with Crippen LogP contribution in [-0.2, 0) is 10.6 Å². The van der Waals surface area contributed by atoms with Crippen molar-refractivity contribution >= 4 is 8.32 Å². The van der Waals surface area contributed by atoms with Crippen molar-refractivity contribution in [1.82, 2.24) is 0 Å². The maximum absolute atomic E-state index is 12.8. The second kappa shape index (κ2) is 4.82. The van der Waals surface area contributed by atoms with Gasteiger partial charge in [-0.25, -0.2) is 0 Å². The molecule has 1 aromatic carbocycles. The van der Waals surface area contributed by atoms with E-state index in [4.69, 9.17) is 4.43 Å². The van der Waals surface area contributed by atoms with Crippen LogP contribution < -0.4 is 0 Å². The molecule has 0 N–H and O–H groups in total. The standard InChI is InChI=1S/C12H17F3OSi/c1-9(16-17(2,3)4)10-7-5-6-8-11(10)12(13,14)15/h5-9H,1-4H3. The van der Waals surface area contributed by atoms with E-state index >= 15 is 0 Å². The highest BCUT2D eigenvalue weighted by Crippen LogP contribution is 2.36. The molecule has 1 atom stereocenters. The SMILES string of the molecule is CC(O[Si](C)(C)C)c1ccccc1C(F)(F)F. The summed E-state index contributed by atoms with van der Waals surface area (Å²) in [5, 5.41) is 0. The van der Waals surface area contributed by atoms with Crippen molar-refractivity contribution in [2.75, 3.05) is 0 Å². The summed E-state index contributed by atoms with van der Waals surface area (Å²) in [4.78, 5) is 0. The average Bonchev–Trinajstić information content (AvgIpc) is 2.13. The quantitative estimate of drug-likeness (QED) is 0.722. The molecular formula is C12H17F3OSi. The van der Waals surface area contributed by atoms with Gasteiger partial charge < -0.3 is 4.43 Å². The van der Waals surface area contributed by atoms with Gasteiger partial charge in [-0.05, 0) is 38.2 Å². The first kappa shape index (κ1) is 14.2. The highest BCUT2D eigenvalue weighted by Gasteiger charge is 2.35. The van der Waals surface area contributed by atoms with Gasteiger partial charge in [-0.3, -0.25) is 0 Å². The van der Waals surface area contributed by atoms with Gasteiger partial charge in [0.2, 0.25) is 0 Å². The van der Waals surface area contributed by atoms with Crippen molar-refractivity contribution in [2.45, 2.75) is 38.8 Å². The van der Waals surface area contributed by atoms with E-state index in [0.717, 1.165) is 6.07 Å². The van der Waals surface area contributed by atoms with Crippen molar-refractivity contribution in [3.05, 3.63) is 35.4 Å². The van der Waals surface area contributed by atoms with Gasteiger partial charge in [-0.1, -0.05) is 18.2 Å². The Bertz CT molecular complexity index is 382. The molecule has 0 aromatic heterocycles. The van der Waals surface area contributed by atoms with Crippen LogP contribution in [0.2, 0.25) is 19.6 Å². The summed E-state index contributed by atoms with van der Waals surface area (Å²) in [6, 6.07) is 5.58. The molecule has 1 rings (SSSR count). The van der Waals surface area contributed by atoms with Gasteiger partial charge in [0.1, 0.15) is 0 Å². The van der Waals surface area contributed by atoms with E-state index < -0.39 is 26.2 Å². The summed E-state index contributed by atoms with van der Waals surface area (Å²) in [7, 11) is -1.85. The predicted molar refractivity (Wildman–Crippen MR) is 64.3 cm³/mol. The summed E-state index contributed by atoms with van der Waals surface area (Å²) in [5.74, 6) is 0. The van der Waals surface area contributed by atoms with Crippen molar-refractivity contribution < 1.29 is 17.6 Å². The molecule has 0 aliphatic rings. The molecule has 0 spiro atoms. The molecule has 17 heavy (non-hydrogen) atoms. The molecule has 0 bridgehead atoms. The second-order valence-electron chi connectivity index (χ2n) is 4.96. The zero-order valence-electron chi connectivity index (χ0n) is 10.4. The summed E-state index contributed by atoms with van der Waals surface area (Å²) in [6.07, 6.45) is -4.85. The summed E-state index contributed by atoms with van der Waals surface area (Å²) < 4.78 is 44.1. The number of alkyl halides is 3. The molecule has 0 aliphatic heterocycles. The Morgan fingerprint density at radius 2 is 1.65 bits per heavy atom. The fourth-order valence-electron chi connectivity index (χ4n) is 1.70. The van der Waals surface area contributed by atoms with E-state index in [0.29, 0.717) is 0 Å². The predicted octanol–water partition coefficient (Wildman–Crippen LogP) is 4.62. The minimum Gasteiger partial charge on any atom is -0.411 e. The number of rotatable bonds is 3. The van der Waals surface area contributed by atoms with Crippen LogP contribution >= 0.6 is 0 Å². The van der Waals surface area contributed by atoms with E-state index in [2.05, 4.69) is 0 Å². The third kappa shape index (κ3) is 4.16. The van der Waals surface area contributed by atoms with Crippen LogP contribution in [0.1, 0.15) is 24.2 Å². The third-order valence-electron chi connectivity index (χ3n) is 2.23. The van der Waals surface area contributed by atoms with E-state index in [1.165, 1.54) is 12.1 Å². The van der Waals surface area contributed by atoms with Crippen molar-refractivity contribution in [3.8, 4) is 0 Å². The highest BCUT2D eigenvalue weighted by atomic mass is 28.4. The molecule has 0 fully saturated rings. The largest absolute Gasteiger partial charge is 0.416 e. The van der Waals surface area contributed by atoms with E-state index in [1.807, 2.05) is 19.6 Å². The van der Waals surface area contributed by atoms with Crippen LogP contribution in [-0.4, -0.2) is 8.32 Å². The number of hydrogen-bond donors (Lipinski definition) is 0. The van der Waals surface area contributed by atoms with Crippen molar-refractivity contribution in [2.24, 2.45) is 0 Å². The topological polar surface area (TPSA) is 9.23 Å². The molecule has 1 unspecified atom stereocenters. The van der Waals surface area contributed by atoms with Crippen molar-refractivity contribution in [3.63, 3.8) is 0 Å². The maximum atomic E-state index is 12.8. The molecular weight excluding hydrogens is 245 g/mol. The number of hydrogen-bond acceptors (Lipinski definition) is 1. The normalized spacial score (nSPS) is 14.8. The molecule has 0 saturated heterocycles. The molecule has 0 saturated carbocycles. The maximum Gasteiger partial charge on any atom is 0.416 e. The average molecular weight is 262 g/mol. The summed E-state index contributed by atoms with van der Waals surface area (Å²) in [6.45, 7) is 7.54. The minimum absolute atomic E-state index is 0.211. The van der Waals surface area contributed by atoms with E-state index in [9.17, 15) is 13.2 Å². The monoisotopic (exact) mass is 262 g/mol. The van der Waals surface area contributed by atoms with Gasteiger partial charge in [-0.2, -0.15) is 13.2 Å². The van der Waals surface area contributed by atoms with Gasteiger partial charge in [-0.15, -0.1) is 0 Å². The zero-order valence-corrected chi connectivity index (χ0v) is 11.4. The Balaban J connectivity index is 3.06. The van der Waals surface area contributed by atoms with Gasteiger partial charge >= 0.3 is 6.18 Å². The lowest BCUT2D eigenvalue weighted by atomic mass is 10.0. The second-order valence-corrected chi connectivity index (χ2v) is 9.42. The Labute approximate surface area is 101 Å². The molecule has 0 heterocycles. The van der Waals surface area contributed by atoms with Gasteiger partial charge in [0.25, 0.3) is 0 Å². The first-order valence-electron chi connectivity index (χ1n) is 5.45. The van der Waals surface area contributed by atoms with Crippen LogP contribution in [0.4, 0.5) is 13.2 Å². The lowest BCUT2D eigenvalue weighted by Gasteiger charge is -2.25. The Hall–Kier alpha value is -0.813. The van der Waals surface area contributed by atoms with Crippen LogP contribution in [0.25, 0.3) is 0 Å². The van der Waals surface area contributed by atoms with Crippen LogP contribution in [0.15, 0.2) is 24.3 Å². The molecule has 1 nitrogen and oxygen atoms in total. The van der Waals surface area contributed by atoms with Crippen LogP contribution in [0.5, 0.6) is 0 Å². The lowest BCUT2D eigenvalue weighted by Crippen LogP contribution is -2.27. The zero-order chi connectivity index (χ0) is 13.3. The number of benzene rings is 1. The molecule has 1 aromatic rings. The molecule has 0 radical (unpaired) electrons. The molecule has 0 aliphatic carbocycles. The fourth-order valence-corrected chi connectivity index (χ4v) is 2.89. The molecule has 0 amide bonds. The molecule has 5 heteroatoms. The van der Waals surface area contributed by atoms with Gasteiger partial charge in [0, 0.05) is 0 Å². The van der Waals surface area contributed by atoms with Gasteiger partial charge in [0.05, 0.1) is 11.7 Å².